The molecular weight excluding hydrogens is 288 g/mol. The Morgan fingerprint density at radius 2 is 1.48 bits per heavy atom. The van der Waals surface area contributed by atoms with Gasteiger partial charge >= 0.3 is 0 Å². The van der Waals surface area contributed by atoms with Crippen molar-refractivity contribution in [2.24, 2.45) is 0 Å². The number of carbonyl (C=O) groups is 1. The van der Waals surface area contributed by atoms with Crippen molar-refractivity contribution < 1.29 is 14.6 Å². The molecule has 0 amide bonds. The van der Waals surface area contributed by atoms with Crippen LogP contribution in [0.25, 0.3) is 0 Å². The van der Waals surface area contributed by atoms with Crippen LogP contribution < -0.4 is 0 Å². The minimum absolute atomic E-state index is 0.0909. The van der Waals surface area contributed by atoms with Crippen LogP contribution in [-0.2, 0) is 22.4 Å². The molecule has 2 atom stereocenters. The molecule has 2 aromatic rings. The molecule has 1 aliphatic heterocycles. The summed E-state index contributed by atoms with van der Waals surface area (Å²) in [7, 11) is 0. The summed E-state index contributed by atoms with van der Waals surface area (Å²) in [6, 6.07) is 16.4. The SMILES string of the molecule is O=C1C=C[C@H](O)O[C@@H]1C1c2ccccc2CCc2ccccc21. The Hall–Kier alpha value is -2.23. The molecule has 116 valence electrons. The van der Waals surface area contributed by atoms with Gasteiger partial charge in [-0.1, -0.05) is 48.5 Å². The average molecular weight is 306 g/mol. The van der Waals surface area contributed by atoms with Gasteiger partial charge in [-0.2, -0.15) is 0 Å². The highest BCUT2D eigenvalue weighted by Crippen LogP contribution is 2.39. The van der Waals surface area contributed by atoms with Gasteiger partial charge in [-0.3, -0.25) is 4.79 Å². The Labute approximate surface area is 135 Å². The first-order valence-corrected chi connectivity index (χ1v) is 7.95. The molecule has 0 unspecified atom stereocenters. The van der Waals surface area contributed by atoms with Crippen molar-refractivity contribution in [3.05, 3.63) is 82.9 Å². The van der Waals surface area contributed by atoms with E-state index in [1.165, 1.54) is 23.3 Å². The second-order valence-electron chi connectivity index (χ2n) is 6.08. The molecular formula is C20H18O3. The molecule has 0 fully saturated rings. The van der Waals surface area contributed by atoms with Gasteiger partial charge < -0.3 is 9.84 Å². The Bertz CT molecular complexity index is 730. The third kappa shape index (κ3) is 2.52. The van der Waals surface area contributed by atoms with E-state index in [9.17, 15) is 9.90 Å². The molecule has 0 radical (unpaired) electrons. The smallest absolute Gasteiger partial charge is 0.185 e. The third-order valence-corrected chi connectivity index (χ3v) is 4.74. The number of ether oxygens (including phenoxy) is 1. The van der Waals surface area contributed by atoms with Crippen LogP contribution in [0.1, 0.15) is 28.2 Å². The van der Waals surface area contributed by atoms with Gasteiger partial charge in [0.15, 0.2) is 12.1 Å². The average Bonchev–Trinajstić information content (AvgIpc) is 2.74. The van der Waals surface area contributed by atoms with Crippen LogP contribution in [0.15, 0.2) is 60.7 Å². The summed E-state index contributed by atoms with van der Waals surface area (Å²) in [4.78, 5) is 12.4. The zero-order valence-corrected chi connectivity index (χ0v) is 12.7. The fraction of sp³-hybridized carbons (Fsp3) is 0.250. The van der Waals surface area contributed by atoms with Crippen LogP contribution in [0.4, 0.5) is 0 Å². The van der Waals surface area contributed by atoms with E-state index >= 15 is 0 Å². The number of hydrogen-bond acceptors (Lipinski definition) is 3. The molecule has 1 N–H and O–H groups in total. The standard InChI is InChI=1S/C20H18O3/c21-17-11-12-18(22)23-20(17)19-15-7-3-1-5-13(15)9-10-14-6-2-4-8-16(14)19/h1-8,11-12,18-20,22H,9-10H2/t18-,20+/m1/s1. The van der Waals surface area contributed by atoms with E-state index in [-0.39, 0.29) is 11.7 Å². The van der Waals surface area contributed by atoms with Gasteiger partial charge in [0.1, 0.15) is 6.10 Å². The normalized spacial score (nSPS) is 24.0. The van der Waals surface area contributed by atoms with Crippen LogP contribution in [0, 0.1) is 0 Å². The molecule has 23 heavy (non-hydrogen) atoms. The zero-order chi connectivity index (χ0) is 15.8. The molecule has 3 heteroatoms. The fourth-order valence-electron chi connectivity index (χ4n) is 3.67. The molecule has 2 aliphatic rings. The maximum absolute atomic E-state index is 12.4. The number of rotatable bonds is 1. The van der Waals surface area contributed by atoms with E-state index in [0.717, 1.165) is 24.0 Å². The lowest BCUT2D eigenvalue weighted by atomic mass is 9.82. The maximum atomic E-state index is 12.4. The van der Waals surface area contributed by atoms with E-state index in [1.807, 2.05) is 24.3 Å². The largest absolute Gasteiger partial charge is 0.365 e. The van der Waals surface area contributed by atoms with Gasteiger partial charge in [-0.15, -0.1) is 0 Å². The Morgan fingerprint density at radius 1 is 0.913 bits per heavy atom. The van der Waals surface area contributed by atoms with Crippen molar-refractivity contribution in [3.8, 4) is 0 Å². The van der Waals surface area contributed by atoms with E-state index < -0.39 is 12.4 Å². The predicted octanol–water partition coefficient (Wildman–Crippen LogP) is 2.76. The molecule has 0 aromatic heterocycles. The molecule has 1 heterocycles. The molecule has 1 aliphatic carbocycles. The summed E-state index contributed by atoms with van der Waals surface area (Å²) in [5.41, 5.74) is 4.74. The number of aryl methyl sites for hydroxylation is 2. The summed E-state index contributed by atoms with van der Waals surface area (Å²) in [5.74, 6) is -0.274. The maximum Gasteiger partial charge on any atom is 0.185 e. The number of hydrogen-bond donors (Lipinski definition) is 1. The molecule has 0 spiro atoms. The van der Waals surface area contributed by atoms with Crippen molar-refractivity contribution >= 4 is 5.78 Å². The molecule has 0 bridgehead atoms. The lowest BCUT2D eigenvalue weighted by molar-refractivity contribution is -0.149. The highest BCUT2D eigenvalue weighted by molar-refractivity contribution is 5.95. The van der Waals surface area contributed by atoms with Gasteiger partial charge in [0.25, 0.3) is 0 Å². The van der Waals surface area contributed by atoms with Crippen LogP contribution in [0.3, 0.4) is 0 Å². The van der Waals surface area contributed by atoms with Crippen molar-refractivity contribution in [2.75, 3.05) is 0 Å². The summed E-state index contributed by atoms with van der Waals surface area (Å²) >= 11 is 0. The summed E-state index contributed by atoms with van der Waals surface area (Å²) in [6.45, 7) is 0. The molecule has 3 nitrogen and oxygen atoms in total. The summed E-state index contributed by atoms with van der Waals surface area (Å²) in [6.07, 6.45) is 3.02. The van der Waals surface area contributed by atoms with Crippen LogP contribution in [0.5, 0.6) is 0 Å². The second kappa shape index (κ2) is 5.76. The zero-order valence-electron chi connectivity index (χ0n) is 12.7. The van der Waals surface area contributed by atoms with Crippen LogP contribution in [-0.4, -0.2) is 23.3 Å². The Balaban J connectivity index is 1.90. The lowest BCUT2D eigenvalue weighted by Crippen LogP contribution is -2.37. The number of fused-ring (bicyclic) bond motifs is 2. The van der Waals surface area contributed by atoms with Gasteiger partial charge in [-0.25, -0.2) is 0 Å². The highest BCUT2D eigenvalue weighted by atomic mass is 16.6. The minimum Gasteiger partial charge on any atom is -0.365 e. The summed E-state index contributed by atoms with van der Waals surface area (Å²) in [5, 5.41) is 9.83. The summed E-state index contributed by atoms with van der Waals surface area (Å²) < 4.78 is 5.63. The Morgan fingerprint density at radius 3 is 2.09 bits per heavy atom. The van der Waals surface area contributed by atoms with E-state index in [2.05, 4.69) is 24.3 Å². The quantitative estimate of drug-likeness (QED) is 0.881. The lowest BCUT2D eigenvalue weighted by Gasteiger charge is -2.30. The van der Waals surface area contributed by atoms with Gasteiger partial charge in [0.05, 0.1) is 0 Å². The van der Waals surface area contributed by atoms with Crippen molar-refractivity contribution in [2.45, 2.75) is 31.2 Å². The Kier molecular flexibility index (Phi) is 3.60. The molecule has 0 saturated heterocycles. The van der Waals surface area contributed by atoms with Crippen molar-refractivity contribution in [1.29, 1.82) is 0 Å². The predicted molar refractivity (Wildman–Crippen MR) is 87.2 cm³/mol. The second-order valence-corrected chi connectivity index (χ2v) is 6.08. The first-order valence-electron chi connectivity index (χ1n) is 7.95. The highest BCUT2D eigenvalue weighted by Gasteiger charge is 2.37. The van der Waals surface area contributed by atoms with Crippen LogP contribution >= 0.6 is 0 Å². The fourth-order valence-corrected chi connectivity index (χ4v) is 3.67. The topological polar surface area (TPSA) is 46.5 Å². The number of ketones is 1. The molecule has 4 rings (SSSR count). The van der Waals surface area contributed by atoms with Gasteiger partial charge in [0.2, 0.25) is 0 Å². The van der Waals surface area contributed by atoms with Crippen LogP contribution in [0.2, 0.25) is 0 Å². The van der Waals surface area contributed by atoms with Gasteiger partial charge in [-0.05, 0) is 47.2 Å². The number of benzene rings is 2. The third-order valence-electron chi connectivity index (χ3n) is 4.74. The van der Waals surface area contributed by atoms with E-state index in [4.69, 9.17) is 4.74 Å². The first-order chi connectivity index (χ1) is 11.2. The number of aliphatic hydroxyl groups excluding tert-OH is 1. The molecule has 2 aromatic carbocycles. The van der Waals surface area contributed by atoms with Gasteiger partial charge in [0, 0.05) is 5.92 Å². The van der Waals surface area contributed by atoms with Crippen molar-refractivity contribution in [1.82, 2.24) is 0 Å². The first kappa shape index (κ1) is 14.4. The number of carbonyl (C=O) groups excluding carboxylic acids is 1. The molecule has 0 saturated carbocycles. The van der Waals surface area contributed by atoms with E-state index in [1.54, 1.807) is 0 Å². The monoisotopic (exact) mass is 306 g/mol. The number of aliphatic hydroxyl groups is 1. The minimum atomic E-state index is -1.03. The van der Waals surface area contributed by atoms with E-state index in [0.29, 0.717) is 0 Å². The van der Waals surface area contributed by atoms with Crippen molar-refractivity contribution in [3.63, 3.8) is 0 Å².